The molecule has 3 aromatic rings. The maximum atomic E-state index is 12.0. The average molecular weight is 368 g/mol. The maximum absolute atomic E-state index is 12.0. The van der Waals surface area contributed by atoms with Gasteiger partial charge in [0.05, 0.1) is 5.56 Å². The van der Waals surface area contributed by atoms with Gasteiger partial charge in [-0.05, 0) is 47.6 Å². The third-order valence-electron chi connectivity index (χ3n) is 4.35. The number of allylic oxidation sites excluding steroid dienone is 1. The molecule has 1 fully saturated rings. The molecular formula is C18H14ClN5O2. The second-order valence-corrected chi connectivity index (χ2v) is 6.47. The van der Waals surface area contributed by atoms with E-state index in [-0.39, 0.29) is 11.5 Å². The second kappa shape index (κ2) is 6.68. The Balaban J connectivity index is 1.59. The van der Waals surface area contributed by atoms with Crippen molar-refractivity contribution in [1.29, 1.82) is 0 Å². The van der Waals surface area contributed by atoms with Crippen LogP contribution >= 0.6 is 11.6 Å². The lowest BCUT2D eigenvalue weighted by Gasteiger charge is -2.04. The van der Waals surface area contributed by atoms with Crippen molar-refractivity contribution >= 4 is 17.7 Å². The van der Waals surface area contributed by atoms with Crippen LogP contribution in [0.3, 0.4) is 0 Å². The lowest BCUT2D eigenvalue weighted by molar-refractivity contribution is 0.947. The molecule has 1 aliphatic carbocycles. The summed E-state index contributed by atoms with van der Waals surface area (Å²) in [7, 11) is 0. The number of H-pyrrole nitrogens is 2. The number of aromatic amines is 2. The van der Waals surface area contributed by atoms with E-state index < -0.39 is 11.2 Å². The zero-order chi connectivity index (χ0) is 18.1. The first-order chi connectivity index (χ1) is 12.6. The molecule has 0 unspecified atom stereocenters. The van der Waals surface area contributed by atoms with Gasteiger partial charge < -0.3 is 4.98 Å². The quantitative estimate of drug-likeness (QED) is 0.736. The minimum Gasteiger partial charge on any atom is -0.313 e. The Kier molecular flexibility index (Phi) is 4.22. The molecule has 4 rings (SSSR count). The van der Waals surface area contributed by atoms with Crippen LogP contribution in [-0.2, 0) is 0 Å². The molecule has 0 saturated heterocycles. The largest absolute Gasteiger partial charge is 0.325 e. The zero-order valence-corrected chi connectivity index (χ0v) is 14.3. The monoisotopic (exact) mass is 367 g/mol. The van der Waals surface area contributed by atoms with Crippen molar-refractivity contribution < 1.29 is 0 Å². The number of rotatable bonds is 4. The van der Waals surface area contributed by atoms with Gasteiger partial charge in [-0.3, -0.25) is 14.8 Å². The van der Waals surface area contributed by atoms with Crippen LogP contribution in [0, 0.1) is 5.92 Å². The van der Waals surface area contributed by atoms with Gasteiger partial charge >= 0.3 is 5.69 Å². The lowest BCUT2D eigenvalue weighted by atomic mass is 10.1. The molecule has 0 amide bonds. The first kappa shape index (κ1) is 16.4. The molecule has 26 heavy (non-hydrogen) atoms. The van der Waals surface area contributed by atoms with E-state index in [0.717, 1.165) is 17.5 Å². The molecule has 130 valence electrons. The van der Waals surface area contributed by atoms with Crippen molar-refractivity contribution in [2.75, 3.05) is 0 Å². The number of aromatic nitrogens is 5. The highest BCUT2D eigenvalue weighted by molar-refractivity contribution is 6.30. The number of hydrogen-bond donors (Lipinski definition) is 2. The van der Waals surface area contributed by atoms with Crippen molar-refractivity contribution in [3.63, 3.8) is 0 Å². The molecule has 0 radical (unpaired) electrons. The molecule has 8 heteroatoms. The molecular weight excluding hydrogens is 354 g/mol. The molecule has 2 atom stereocenters. The van der Waals surface area contributed by atoms with Crippen LogP contribution in [0.1, 0.15) is 23.5 Å². The van der Waals surface area contributed by atoms with E-state index in [0.29, 0.717) is 16.8 Å². The van der Waals surface area contributed by atoms with Crippen LogP contribution in [0.15, 0.2) is 52.5 Å². The first-order valence-electron chi connectivity index (χ1n) is 8.05. The number of nitrogens with one attached hydrogen (secondary N) is 2. The normalized spacial score (nSPS) is 19.0. The highest BCUT2D eigenvalue weighted by Gasteiger charge is 2.38. The SMILES string of the molecule is O=c1[nH]cc(-c2cc([C@H]3C[C@@H]3/C=C/c3ccncc3)c(Cl)nn2)c(=O)[nH]1. The van der Waals surface area contributed by atoms with E-state index in [1.165, 1.54) is 6.20 Å². The fraction of sp³-hybridized carbons (Fsp3) is 0.167. The fourth-order valence-corrected chi connectivity index (χ4v) is 3.11. The Morgan fingerprint density at radius 1 is 1.19 bits per heavy atom. The van der Waals surface area contributed by atoms with Crippen LogP contribution in [0.4, 0.5) is 0 Å². The van der Waals surface area contributed by atoms with Crippen molar-refractivity contribution in [2.45, 2.75) is 12.3 Å². The van der Waals surface area contributed by atoms with Gasteiger partial charge in [-0.25, -0.2) is 4.79 Å². The van der Waals surface area contributed by atoms with Gasteiger partial charge in [0.25, 0.3) is 5.56 Å². The summed E-state index contributed by atoms with van der Waals surface area (Å²) in [6, 6.07) is 5.65. The minimum atomic E-state index is -0.565. The molecule has 0 spiro atoms. The van der Waals surface area contributed by atoms with Crippen LogP contribution in [-0.4, -0.2) is 25.1 Å². The van der Waals surface area contributed by atoms with Crippen LogP contribution in [0.5, 0.6) is 0 Å². The van der Waals surface area contributed by atoms with E-state index in [9.17, 15) is 9.59 Å². The van der Waals surface area contributed by atoms with E-state index in [2.05, 4.69) is 37.3 Å². The molecule has 3 heterocycles. The summed E-state index contributed by atoms with van der Waals surface area (Å²) >= 11 is 6.22. The summed E-state index contributed by atoms with van der Waals surface area (Å²) in [5.74, 6) is 0.586. The van der Waals surface area contributed by atoms with Crippen molar-refractivity contribution in [3.05, 3.63) is 80.0 Å². The van der Waals surface area contributed by atoms with Crippen LogP contribution < -0.4 is 11.2 Å². The summed E-state index contributed by atoms with van der Waals surface area (Å²) in [4.78, 5) is 31.7. The Morgan fingerprint density at radius 2 is 2.00 bits per heavy atom. The molecule has 7 nitrogen and oxygen atoms in total. The predicted molar refractivity (Wildman–Crippen MR) is 97.8 cm³/mol. The fourth-order valence-electron chi connectivity index (χ4n) is 2.88. The molecule has 1 aliphatic rings. The lowest BCUT2D eigenvalue weighted by Crippen LogP contribution is -2.23. The van der Waals surface area contributed by atoms with Crippen molar-refractivity contribution in [3.8, 4) is 11.3 Å². The molecule has 0 aliphatic heterocycles. The van der Waals surface area contributed by atoms with Gasteiger partial charge in [0.1, 0.15) is 5.69 Å². The molecule has 0 aromatic carbocycles. The van der Waals surface area contributed by atoms with E-state index in [4.69, 9.17) is 11.6 Å². The molecule has 0 bridgehead atoms. The maximum Gasteiger partial charge on any atom is 0.325 e. The summed E-state index contributed by atoms with van der Waals surface area (Å²) in [5, 5.41) is 8.28. The summed E-state index contributed by atoms with van der Waals surface area (Å²) < 4.78 is 0. The minimum absolute atomic E-state index is 0.233. The smallest absolute Gasteiger partial charge is 0.313 e. The Bertz CT molecular complexity index is 1090. The van der Waals surface area contributed by atoms with Crippen molar-refractivity contribution in [2.24, 2.45) is 5.92 Å². The predicted octanol–water partition coefficient (Wildman–Crippen LogP) is 2.39. The van der Waals surface area contributed by atoms with Crippen LogP contribution in [0.2, 0.25) is 5.15 Å². The van der Waals surface area contributed by atoms with Gasteiger partial charge in [0.15, 0.2) is 5.15 Å². The number of nitrogens with zero attached hydrogens (tertiary/aromatic N) is 3. The third kappa shape index (κ3) is 3.34. The summed E-state index contributed by atoms with van der Waals surface area (Å²) in [6.07, 6.45) is 9.99. The van der Waals surface area contributed by atoms with Gasteiger partial charge in [0, 0.05) is 18.6 Å². The number of hydrogen-bond acceptors (Lipinski definition) is 5. The highest BCUT2D eigenvalue weighted by atomic mass is 35.5. The first-order valence-corrected chi connectivity index (χ1v) is 8.43. The van der Waals surface area contributed by atoms with Gasteiger partial charge in [-0.15, -0.1) is 10.2 Å². The molecule has 3 aromatic heterocycles. The van der Waals surface area contributed by atoms with Gasteiger partial charge in [-0.1, -0.05) is 23.8 Å². The highest BCUT2D eigenvalue weighted by Crippen LogP contribution is 2.50. The molecule has 2 N–H and O–H groups in total. The standard InChI is InChI=1S/C18H14ClN5O2/c19-16-13(12-7-11(12)2-1-10-3-5-20-6-4-10)8-15(23-24-16)14-9-21-18(26)22-17(14)25/h1-6,8-9,11-12H,7H2,(H2,21,22,25,26)/b2-1+/t11-,12-/m0/s1. The van der Waals surface area contributed by atoms with Crippen LogP contribution in [0.25, 0.3) is 17.3 Å². The average Bonchev–Trinajstić information content (AvgIpc) is 3.41. The number of halogens is 1. The van der Waals surface area contributed by atoms with E-state index >= 15 is 0 Å². The number of pyridine rings is 1. The van der Waals surface area contributed by atoms with Gasteiger partial charge in [-0.2, -0.15) is 0 Å². The zero-order valence-electron chi connectivity index (χ0n) is 13.5. The van der Waals surface area contributed by atoms with E-state index in [1.807, 2.05) is 12.1 Å². The second-order valence-electron chi connectivity index (χ2n) is 6.11. The topological polar surface area (TPSA) is 104 Å². The van der Waals surface area contributed by atoms with Crippen molar-refractivity contribution in [1.82, 2.24) is 25.1 Å². The van der Waals surface area contributed by atoms with Gasteiger partial charge in [0.2, 0.25) is 0 Å². The van der Waals surface area contributed by atoms with E-state index in [1.54, 1.807) is 18.5 Å². The third-order valence-corrected chi connectivity index (χ3v) is 4.65. The summed E-state index contributed by atoms with van der Waals surface area (Å²) in [6.45, 7) is 0. The molecule has 1 saturated carbocycles. The Labute approximate surface area is 152 Å². The Hall–Kier alpha value is -3.06. The summed E-state index contributed by atoms with van der Waals surface area (Å²) in [5.41, 5.74) is 1.49. The Morgan fingerprint density at radius 3 is 2.77 bits per heavy atom.